The largest absolute Gasteiger partial charge is 0.397 e. The van der Waals surface area contributed by atoms with Crippen molar-refractivity contribution in [3.63, 3.8) is 0 Å². The van der Waals surface area contributed by atoms with Crippen molar-refractivity contribution in [3.8, 4) is 0 Å². The molecule has 0 bridgehead atoms. The molecular formula is C11H13N3OS2. The summed E-state index contributed by atoms with van der Waals surface area (Å²) in [4.78, 5) is 17.9. The van der Waals surface area contributed by atoms with E-state index in [0.717, 1.165) is 17.0 Å². The van der Waals surface area contributed by atoms with Gasteiger partial charge < -0.3 is 5.73 Å². The van der Waals surface area contributed by atoms with E-state index in [1.54, 1.807) is 11.4 Å². The van der Waals surface area contributed by atoms with E-state index in [-0.39, 0.29) is 5.91 Å². The highest BCUT2D eigenvalue weighted by Crippen LogP contribution is 2.25. The van der Waals surface area contributed by atoms with Crippen molar-refractivity contribution < 1.29 is 4.79 Å². The van der Waals surface area contributed by atoms with Crippen LogP contribution < -0.4 is 11.1 Å². The molecule has 90 valence electrons. The Hall–Kier alpha value is -1.40. The first kappa shape index (κ1) is 12.1. The summed E-state index contributed by atoms with van der Waals surface area (Å²) in [5.41, 5.74) is 7.23. The number of nitrogens with zero attached hydrogens (tertiary/aromatic N) is 1. The number of thiazole rings is 1. The molecule has 0 atom stereocenters. The summed E-state index contributed by atoms with van der Waals surface area (Å²) in [6.45, 7) is 4.05. The van der Waals surface area contributed by atoms with Gasteiger partial charge in [0.2, 0.25) is 0 Å². The van der Waals surface area contributed by atoms with Gasteiger partial charge in [-0.2, -0.15) is 0 Å². The molecule has 0 fully saturated rings. The molecular weight excluding hydrogens is 254 g/mol. The Labute approximate surface area is 107 Å². The molecule has 0 spiro atoms. The third-order valence-electron chi connectivity index (χ3n) is 2.35. The van der Waals surface area contributed by atoms with E-state index < -0.39 is 0 Å². The Kier molecular flexibility index (Phi) is 3.44. The second-order valence-corrected chi connectivity index (χ2v) is 5.65. The van der Waals surface area contributed by atoms with Crippen molar-refractivity contribution in [3.05, 3.63) is 26.9 Å². The second-order valence-electron chi connectivity index (χ2n) is 3.53. The minimum Gasteiger partial charge on any atom is -0.397 e. The number of rotatable bonds is 3. The van der Waals surface area contributed by atoms with Gasteiger partial charge in [-0.3, -0.25) is 10.1 Å². The second kappa shape index (κ2) is 4.85. The molecule has 0 saturated heterocycles. The molecule has 4 nitrogen and oxygen atoms in total. The monoisotopic (exact) mass is 267 g/mol. The summed E-state index contributed by atoms with van der Waals surface area (Å²) in [5.74, 6) is -0.186. The van der Waals surface area contributed by atoms with Gasteiger partial charge in [-0.1, -0.05) is 6.92 Å². The van der Waals surface area contributed by atoms with Crippen molar-refractivity contribution in [1.82, 2.24) is 4.98 Å². The minimum atomic E-state index is -0.186. The molecule has 0 aromatic carbocycles. The van der Waals surface area contributed by atoms with Crippen LogP contribution in [0, 0.1) is 6.92 Å². The first-order chi connectivity index (χ1) is 8.11. The van der Waals surface area contributed by atoms with Gasteiger partial charge in [0, 0.05) is 4.88 Å². The van der Waals surface area contributed by atoms with Crippen molar-refractivity contribution in [2.45, 2.75) is 20.3 Å². The molecule has 17 heavy (non-hydrogen) atoms. The van der Waals surface area contributed by atoms with Gasteiger partial charge in [0.1, 0.15) is 4.88 Å². The fourth-order valence-electron chi connectivity index (χ4n) is 1.47. The Bertz CT molecular complexity index is 545. The summed E-state index contributed by atoms with van der Waals surface area (Å²) >= 11 is 2.82. The normalized spacial score (nSPS) is 10.5. The quantitative estimate of drug-likeness (QED) is 0.898. The fourth-order valence-corrected chi connectivity index (χ4v) is 3.08. The third kappa shape index (κ3) is 2.48. The van der Waals surface area contributed by atoms with Crippen molar-refractivity contribution in [2.24, 2.45) is 0 Å². The third-order valence-corrected chi connectivity index (χ3v) is 4.21. The van der Waals surface area contributed by atoms with Crippen LogP contribution in [-0.2, 0) is 6.42 Å². The molecule has 0 aliphatic heterocycles. The summed E-state index contributed by atoms with van der Waals surface area (Å²) in [6.07, 6.45) is 0.874. The van der Waals surface area contributed by atoms with E-state index in [2.05, 4.69) is 10.3 Å². The molecule has 2 rings (SSSR count). The number of nitrogen functional groups attached to an aromatic ring is 1. The fraction of sp³-hybridized carbons (Fsp3) is 0.273. The van der Waals surface area contributed by atoms with Crippen LogP contribution in [0.5, 0.6) is 0 Å². The Morgan fingerprint density at radius 3 is 2.88 bits per heavy atom. The van der Waals surface area contributed by atoms with Gasteiger partial charge in [0.25, 0.3) is 5.91 Å². The maximum Gasteiger partial charge on any atom is 0.269 e. The van der Waals surface area contributed by atoms with Crippen LogP contribution in [0.15, 0.2) is 11.4 Å². The summed E-state index contributed by atoms with van der Waals surface area (Å²) < 4.78 is 0. The number of aromatic nitrogens is 1. The van der Waals surface area contributed by atoms with E-state index in [9.17, 15) is 4.79 Å². The van der Waals surface area contributed by atoms with E-state index in [1.807, 2.05) is 13.8 Å². The molecule has 0 aliphatic carbocycles. The van der Waals surface area contributed by atoms with Crippen molar-refractivity contribution in [1.29, 1.82) is 0 Å². The highest BCUT2D eigenvalue weighted by molar-refractivity contribution is 7.16. The molecule has 3 N–H and O–H groups in total. The lowest BCUT2D eigenvalue weighted by atomic mass is 10.3. The Morgan fingerprint density at radius 1 is 1.59 bits per heavy atom. The maximum atomic E-state index is 11.9. The number of nitrogens with two attached hydrogens (primary N) is 1. The lowest BCUT2D eigenvalue weighted by Crippen LogP contribution is -2.11. The average Bonchev–Trinajstić information content (AvgIpc) is 2.84. The smallest absolute Gasteiger partial charge is 0.269 e. The zero-order valence-electron chi connectivity index (χ0n) is 9.61. The molecule has 6 heteroatoms. The van der Waals surface area contributed by atoms with E-state index >= 15 is 0 Å². The lowest BCUT2D eigenvalue weighted by molar-refractivity contribution is 0.103. The van der Waals surface area contributed by atoms with Crippen LogP contribution in [-0.4, -0.2) is 10.9 Å². The number of carbonyl (C=O) groups is 1. The van der Waals surface area contributed by atoms with Gasteiger partial charge >= 0.3 is 0 Å². The van der Waals surface area contributed by atoms with Crippen LogP contribution >= 0.6 is 22.7 Å². The molecule has 0 aliphatic rings. The SMILES string of the molecule is CCc1nc(NC(=O)c2sccc2N)sc1C. The van der Waals surface area contributed by atoms with Crippen LogP contribution in [0.2, 0.25) is 0 Å². The zero-order chi connectivity index (χ0) is 12.4. The summed E-state index contributed by atoms with van der Waals surface area (Å²) in [6, 6.07) is 1.73. The minimum absolute atomic E-state index is 0.186. The topological polar surface area (TPSA) is 68.0 Å². The van der Waals surface area contributed by atoms with E-state index in [0.29, 0.717) is 15.7 Å². The van der Waals surface area contributed by atoms with Gasteiger partial charge in [0.15, 0.2) is 5.13 Å². The summed E-state index contributed by atoms with van der Waals surface area (Å²) in [5, 5.41) is 5.22. The van der Waals surface area contributed by atoms with Gasteiger partial charge in [-0.05, 0) is 24.8 Å². The molecule has 0 radical (unpaired) electrons. The summed E-state index contributed by atoms with van der Waals surface area (Å²) in [7, 11) is 0. The number of thiophene rings is 1. The number of hydrogen-bond acceptors (Lipinski definition) is 5. The Balaban J connectivity index is 2.16. The van der Waals surface area contributed by atoms with Gasteiger partial charge in [-0.25, -0.2) is 4.98 Å². The van der Waals surface area contributed by atoms with E-state index in [4.69, 9.17) is 5.73 Å². The zero-order valence-corrected chi connectivity index (χ0v) is 11.2. The van der Waals surface area contributed by atoms with Crippen molar-refractivity contribution in [2.75, 3.05) is 11.1 Å². The number of nitrogens with one attached hydrogen (secondary N) is 1. The van der Waals surface area contributed by atoms with Crippen LogP contribution in [0.25, 0.3) is 0 Å². The predicted octanol–water partition coefficient (Wildman–Crippen LogP) is 2.91. The van der Waals surface area contributed by atoms with E-state index in [1.165, 1.54) is 22.7 Å². The van der Waals surface area contributed by atoms with Gasteiger partial charge in [-0.15, -0.1) is 22.7 Å². The molecule has 2 aromatic rings. The lowest BCUT2D eigenvalue weighted by Gasteiger charge is -1.99. The van der Waals surface area contributed by atoms with Crippen LogP contribution in [0.1, 0.15) is 27.2 Å². The van der Waals surface area contributed by atoms with Crippen molar-refractivity contribution >= 4 is 39.4 Å². The molecule has 1 amide bonds. The highest BCUT2D eigenvalue weighted by Gasteiger charge is 2.14. The highest BCUT2D eigenvalue weighted by atomic mass is 32.1. The van der Waals surface area contributed by atoms with Crippen LogP contribution in [0.3, 0.4) is 0 Å². The standard InChI is InChI=1S/C11H13N3OS2/c1-3-8-6(2)17-11(13-8)14-10(15)9-7(12)4-5-16-9/h4-5H,3,12H2,1-2H3,(H,13,14,15). The number of aryl methyl sites for hydroxylation is 2. The maximum absolute atomic E-state index is 11.9. The number of amides is 1. The van der Waals surface area contributed by atoms with Crippen LogP contribution in [0.4, 0.5) is 10.8 Å². The molecule has 0 unspecified atom stereocenters. The van der Waals surface area contributed by atoms with Gasteiger partial charge in [0.05, 0.1) is 11.4 Å². The average molecular weight is 267 g/mol. The molecule has 2 aromatic heterocycles. The first-order valence-electron chi connectivity index (χ1n) is 5.22. The molecule has 0 saturated carbocycles. The number of anilines is 2. The number of carbonyl (C=O) groups excluding carboxylic acids is 1. The first-order valence-corrected chi connectivity index (χ1v) is 6.92. The molecule has 2 heterocycles. The Morgan fingerprint density at radius 2 is 2.35 bits per heavy atom. The predicted molar refractivity (Wildman–Crippen MR) is 72.9 cm³/mol. The number of hydrogen-bond donors (Lipinski definition) is 2.